The van der Waals surface area contributed by atoms with Crippen molar-refractivity contribution in [1.82, 2.24) is 0 Å². The van der Waals surface area contributed by atoms with Crippen LogP contribution >= 0.6 is 0 Å². The summed E-state index contributed by atoms with van der Waals surface area (Å²) in [4.78, 5) is 74.4. The maximum atomic E-state index is 16.0. The molecule has 16 atom stereocenters. The Kier molecular flexibility index (Phi) is 10.2. The molecule has 408 valence electrons. The van der Waals surface area contributed by atoms with E-state index >= 15 is 9.59 Å². The number of aromatic hydroxyl groups is 9. The number of aliphatic hydroxyl groups is 7. The molecule has 77 heavy (non-hydrogen) atoms. The molecule has 7 aliphatic heterocycles. The number of carbonyl (C=O) groups excluding carboxylic acids is 5. The molecular weight excluding hydrogens is 1050 g/mol. The highest BCUT2D eigenvalue weighted by molar-refractivity contribution is 6.08. The van der Waals surface area contributed by atoms with Gasteiger partial charge >= 0.3 is 29.8 Å². The highest BCUT2D eigenvalue weighted by Crippen LogP contribution is 2.76. The van der Waals surface area contributed by atoms with Gasteiger partial charge in [-0.2, -0.15) is 0 Å². The van der Waals surface area contributed by atoms with Crippen LogP contribution in [0.25, 0.3) is 11.1 Å². The van der Waals surface area contributed by atoms with E-state index in [-0.39, 0.29) is 0 Å². The number of ether oxygens (including phenoxy) is 10. The Labute approximate surface area is 424 Å². The average molecular weight is 1090 g/mol. The zero-order chi connectivity index (χ0) is 55.3. The summed E-state index contributed by atoms with van der Waals surface area (Å²) in [5, 5.41) is 179. The average Bonchev–Trinajstić information content (AvgIpc) is 3.89. The van der Waals surface area contributed by atoms with Gasteiger partial charge in [-0.15, -0.1) is 0 Å². The minimum atomic E-state index is -3.75. The lowest BCUT2D eigenvalue weighted by atomic mass is 9.49. The number of phenolic OH excluding ortho intramolecular Hbond substituents is 9. The van der Waals surface area contributed by atoms with Crippen molar-refractivity contribution in [3.8, 4) is 62.9 Å². The molecule has 16 N–H and O–H groups in total. The Morgan fingerprint density at radius 3 is 1.87 bits per heavy atom. The molecule has 12 rings (SSSR count). The number of phenols is 9. The fraction of sp³-hybridized carbons (Fsp3) is 0.413. The molecule has 7 fully saturated rings. The van der Waals surface area contributed by atoms with Crippen LogP contribution in [0.2, 0.25) is 0 Å². The standard InChI is InChI=1S/C46H38O31/c47-13-1-9(2-14(48)23(13)53)35(60)74-39-32-31-29(19(70-39)7-68-36(61)10-3-15(49)24(54)27(57)20(10)21-11(37(62)71-31)4-16(50)25(55)28(21)58)73-41(64)42-8-43(65)46(67)45(66,76-40(42)44(77-43)34(59)18(52)6-69-44)33(42)22-12(38(63)72-32)5-17(51)26(56)30(22)75-46/h1-5,18-19,22,29-34,39-40,47-59,65-67H,6-8H2/t18-,19-,22-,29-,30-,31+,32-,33-,34+,39+,40-,42-,43-,44+,45+,46+/m1/s1. The number of esters is 5. The summed E-state index contributed by atoms with van der Waals surface area (Å²) >= 11 is 0. The van der Waals surface area contributed by atoms with E-state index in [0.29, 0.717) is 30.3 Å². The molecule has 3 aromatic carbocycles. The van der Waals surface area contributed by atoms with Crippen LogP contribution in [0.5, 0.6) is 51.7 Å². The maximum Gasteiger partial charge on any atom is 0.340 e. The zero-order valence-corrected chi connectivity index (χ0v) is 38.1. The Morgan fingerprint density at radius 1 is 0.662 bits per heavy atom. The lowest BCUT2D eigenvalue weighted by Crippen LogP contribution is -2.85. The third-order valence-corrected chi connectivity index (χ3v) is 15.4. The van der Waals surface area contributed by atoms with Gasteiger partial charge in [-0.1, -0.05) is 0 Å². The van der Waals surface area contributed by atoms with Gasteiger partial charge in [0, 0.05) is 35.0 Å². The fourth-order valence-electron chi connectivity index (χ4n) is 12.1. The first-order valence-corrected chi connectivity index (χ1v) is 22.7. The highest BCUT2D eigenvalue weighted by atomic mass is 16.9. The van der Waals surface area contributed by atoms with Gasteiger partial charge in [-0.25, -0.2) is 19.2 Å². The molecule has 0 aromatic heterocycles. The number of allylic oxidation sites excluding steroid dienone is 1. The van der Waals surface area contributed by atoms with Crippen molar-refractivity contribution in [3.05, 3.63) is 64.1 Å². The third kappa shape index (κ3) is 6.15. The number of aliphatic hydroxyl groups excluding tert-OH is 4. The minimum absolute atomic E-state index is 0.363. The first-order valence-electron chi connectivity index (χ1n) is 22.7. The molecule has 9 bridgehead atoms. The molecule has 9 aliphatic rings. The molecule has 6 saturated heterocycles. The first-order chi connectivity index (χ1) is 36.1. The number of fused-ring (bicyclic) bond motifs is 6. The van der Waals surface area contributed by atoms with Gasteiger partial charge in [0.2, 0.25) is 41.3 Å². The summed E-state index contributed by atoms with van der Waals surface area (Å²) in [6, 6.07) is 1.93. The van der Waals surface area contributed by atoms with E-state index in [2.05, 4.69) is 0 Å². The van der Waals surface area contributed by atoms with Gasteiger partial charge in [0.15, 0.2) is 64.0 Å². The lowest BCUT2D eigenvalue weighted by molar-refractivity contribution is -0.530. The van der Waals surface area contributed by atoms with Gasteiger partial charge in [0.05, 0.1) is 23.3 Å². The van der Waals surface area contributed by atoms with E-state index in [1.54, 1.807) is 0 Å². The zero-order valence-electron chi connectivity index (χ0n) is 38.1. The van der Waals surface area contributed by atoms with Crippen molar-refractivity contribution in [3.63, 3.8) is 0 Å². The Hall–Kier alpha value is -8.11. The molecule has 0 unspecified atom stereocenters. The van der Waals surface area contributed by atoms with E-state index in [9.17, 15) is 96.1 Å². The van der Waals surface area contributed by atoms with Crippen LogP contribution < -0.4 is 0 Å². The van der Waals surface area contributed by atoms with E-state index in [1.807, 2.05) is 0 Å². The monoisotopic (exact) mass is 1090 g/mol. The van der Waals surface area contributed by atoms with Crippen molar-refractivity contribution < 1.29 is 153 Å². The number of benzene rings is 3. The minimum Gasteiger partial charge on any atom is -0.506 e. The number of carbonyl (C=O) groups is 5. The summed E-state index contributed by atoms with van der Waals surface area (Å²) in [7, 11) is 0. The molecule has 0 amide bonds. The summed E-state index contributed by atoms with van der Waals surface area (Å²) in [5.41, 5.74) is -9.25. The van der Waals surface area contributed by atoms with Crippen molar-refractivity contribution in [2.45, 2.75) is 84.7 Å². The van der Waals surface area contributed by atoms with Crippen LogP contribution in [0.1, 0.15) is 37.5 Å². The van der Waals surface area contributed by atoms with E-state index < -0.39 is 242 Å². The fourth-order valence-corrected chi connectivity index (χ4v) is 12.1. The predicted molar refractivity (Wildman–Crippen MR) is 227 cm³/mol. The van der Waals surface area contributed by atoms with Crippen LogP contribution in [0.3, 0.4) is 0 Å². The molecule has 1 saturated carbocycles. The second-order valence-electron chi connectivity index (χ2n) is 19.4. The van der Waals surface area contributed by atoms with Crippen molar-refractivity contribution in [1.29, 1.82) is 0 Å². The van der Waals surface area contributed by atoms with Crippen LogP contribution in [-0.4, -0.2) is 203 Å². The first kappa shape index (κ1) is 49.7. The molecule has 31 heteroatoms. The smallest absolute Gasteiger partial charge is 0.340 e. The van der Waals surface area contributed by atoms with Crippen molar-refractivity contribution in [2.24, 2.45) is 17.3 Å². The highest BCUT2D eigenvalue weighted by Gasteiger charge is 2.96. The molecule has 2 spiro atoms. The van der Waals surface area contributed by atoms with Gasteiger partial charge < -0.3 is 129 Å². The quantitative estimate of drug-likeness (QED) is 0.0693. The van der Waals surface area contributed by atoms with Crippen molar-refractivity contribution >= 4 is 29.8 Å². The molecule has 2 aliphatic carbocycles. The van der Waals surface area contributed by atoms with Crippen LogP contribution in [-0.2, 0) is 57.0 Å². The van der Waals surface area contributed by atoms with Gasteiger partial charge in [0.1, 0.15) is 42.5 Å². The third-order valence-electron chi connectivity index (χ3n) is 15.4. The van der Waals surface area contributed by atoms with E-state index in [1.165, 1.54) is 0 Å². The summed E-state index contributed by atoms with van der Waals surface area (Å²) in [6.45, 7) is -2.22. The summed E-state index contributed by atoms with van der Waals surface area (Å²) in [5.74, 6) is -41.5. The number of cyclic esters (lactones) is 1. The molecule has 3 aromatic rings. The second-order valence-corrected chi connectivity index (χ2v) is 19.4. The van der Waals surface area contributed by atoms with Crippen LogP contribution in [0.4, 0.5) is 0 Å². The number of rotatable bonds is 2. The topological polar surface area (TPSA) is 501 Å². The Bertz CT molecular complexity index is 3270. The summed E-state index contributed by atoms with van der Waals surface area (Å²) < 4.78 is 58.5. The number of hydrogen-bond donors (Lipinski definition) is 16. The van der Waals surface area contributed by atoms with E-state index in [4.69, 9.17) is 47.4 Å². The predicted octanol–water partition coefficient (Wildman–Crippen LogP) is -2.95. The maximum absolute atomic E-state index is 16.0. The molecular formula is C46H38O31. The van der Waals surface area contributed by atoms with Crippen molar-refractivity contribution in [2.75, 3.05) is 13.2 Å². The molecule has 0 radical (unpaired) electrons. The second kappa shape index (κ2) is 15.7. The summed E-state index contributed by atoms with van der Waals surface area (Å²) in [6.07, 6.45) is -22.7. The largest absolute Gasteiger partial charge is 0.506 e. The Morgan fingerprint density at radius 2 is 1.26 bits per heavy atom. The number of hydrogen-bond acceptors (Lipinski definition) is 31. The lowest BCUT2D eigenvalue weighted by Gasteiger charge is -2.65. The Balaban J connectivity index is 1.10. The van der Waals surface area contributed by atoms with Gasteiger partial charge in [-0.3, -0.25) is 4.79 Å². The molecule has 31 nitrogen and oxygen atoms in total. The van der Waals surface area contributed by atoms with Gasteiger partial charge in [0.25, 0.3) is 5.79 Å². The SMILES string of the molecule is O=C1O[C@H]2[C@H](OC(=O)c3cc(O)c(O)c(O)c3)O[C@@H]3COC(=O)c4cc(O)c(O)c(O)c4-c4c(cc(O)c(O)c4O)C(=O)O[C@H]2[C@@H]3OC(=O)[C@@]23C[C@@]4(O)O[C@]5(OC[C@@H](O)[C@@H]5O)[C@@H]2O[C@@]2(O)[C@@H]3[C@@H]3C1=CC(O)=C(O)[C@@H]3O[C@@]42O. The molecule has 7 heterocycles. The van der Waals surface area contributed by atoms with Crippen LogP contribution in [0.15, 0.2) is 47.4 Å². The normalized spacial score (nSPS) is 39.3. The van der Waals surface area contributed by atoms with Gasteiger partial charge in [-0.05, 0) is 30.3 Å². The van der Waals surface area contributed by atoms with E-state index in [0.717, 1.165) is 0 Å². The van der Waals surface area contributed by atoms with Crippen LogP contribution in [0, 0.1) is 17.3 Å².